The van der Waals surface area contributed by atoms with E-state index in [1.807, 2.05) is 12.3 Å². The summed E-state index contributed by atoms with van der Waals surface area (Å²) in [6.45, 7) is 0. The molecule has 0 heterocycles. The summed E-state index contributed by atoms with van der Waals surface area (Å²) in [6.07, 6.45) is 1.92. The fraction of sp³-hybridized carbons (Fsp3) is 0.0714. The van der Waals surface area contributed by atoms with E-state index in [-0.39, 0.29) is 5.69 Å². The molecule has 0 unspecified atom stereocenters. The minimum Gasteiger partial charge on any atom is -0.308 e. The summed E-state index contributed by atoms with van der Waals surface area (Å²) in [5.74, 6) is -1.31. The van der Waals surface area contributed by atoms with Gasteiger partial charge >= 0.3 is 6.03 Å². The van der Waals surface area contributed by atoms with Crippen LogP contribution in [0.5, 0.6) is 0 Å². The Balaban J connectivity index is 2.07. The van der Waals surface area contributed by atoms with Gasteiger partial charge in [0.05, 0.1) is 5.69 Å². The number of urea groups is 1. The van der Waals surface area contributed by atoms with E-state index in [4.69, 9.17) is 0 Å². The Labute approximate surface area is 119 Å². The summed E-state index contributed by atoms with van der Waals surface area (Å²) < 4.78 is 26.4. The fourth-order valence-electron chi connectivity index (χ4n) is 1.58. The molecule has 2 rings (SSSR count). The first kappa shape index (κ1) is 14.3. The number of thioether (sulfide) groups is 1. The maximum Gasteiger partial charge on any atom is 0.323 e. The van der Waals surface area contributed by atoms with Crippen LogP contribution >= 0.6 is 11.8 Å². The van der Waals surface area contributed by atoms with Crippen molar-refractivity contribution in [2.75, 3.05) is 16.9 Å². The van der Waals surface area contributed by atoms with E-state index in [1.165, 1.54) is 11.8 Å². The van der Waals surface area contributed by atoms with Crippen LogP contribution in [0.1, 0.15) is 0 Å². The Morgan fingerprint density at radius 2 is 1.90 bits per heavy atom. The molecule has 0 bridgehead atoms. The van der Waals surface area contributed by atoms with Crippen LogP contribution in [0.3, 0.4) is 0 Å². The van der Waals surface area contributed by atoms with E-state index in [1.54, 1.807) is 18.2 Å². The molecule has 2 N–H and O–H groups in total. The average Bonchev–Trinajstić information content (AvgIpc) is 2.43. The molecule has 0 spiro atoms. The van der Waals surface area contributed by atoms with Crippen LogP contribution in [0.4, 0.5) is 25.0 Å². The molecule has 2 aromatic carbocycles. The number of carbonyl (C=O) groups is 1. The van der Waals surface area contributed by atoms with Gasteiger partial charge in [0, 0.05) is 16.6 Å². The molecule has 0 aliphatic rings. The highest BCUT2D eigenvalue weighted by Crippen LogP contribution is 2.20. The third kappa shape index (κ3) is 3.71. The molecule has 0 saturated carbocycles. The standard InChI is InChI=1S/C14H12F2N2OS/c1-20-11-4-2-3-10(8-11)17-14(19)18-13-7-9(15)5-6-12(13)16/h2-8H,1H3,(H2,17,18,19). The summed E-state index contributed by atoms with van der Waals surface area (Å²) in [4.78, 5) is 12.7. The van der Waals surface area contributed by atoms with Crippen LogP contribution in [0.25, 0.3) is 0 Å². The van der Waals surface area contributed by atoms with E-state index >= 15 is 0 Å². The molecule has 6 heteroatoms. The van der Waals surface area contributed by atoms with Crippen molar-refractivity contribution in [2.45, 2.75) is 4.90 Å². The number of anilines is 2. The van der Waals surface area contributed by atoms with Gasteiger partial charge in [0.2, 0.25) is 0 Å². The second-order valence-electron chi connectivity index (χ2n) is 3.94. The van der Waals surface area contributed by atoms with Gasteiger partial charge < -0.3 is 10.6 Å². The zero-order valence-corrected chi connectivity index (χ0v) is 11.4. The maximum absolute atomic E-state index is 13.4. The van der Waals surface area contributed by atoms with E-state index < -0.39 is 17.7 Å². The lowest BCUT2D eigenvalue weighted by molar-refractivity contribution is 0.262. The second-order valence-corrected chi connectivity index (χ2v) is 4.81. The molecule has 0 radical (unpaired) electrons. The van der Waals surface area contributed by atoms with Crippen LogP contribution in [0.2, 0.25) is 0 Å². The Bertz CT molecular complexity index is 634. The highest BCUT2D eigenvalue weighted by molar-refractivity contribution is 7.98. The molecule has 2 amide bonds. The molecular formula is C14H12F2N2OS. The molecular weight excluding hydrogens is 282 g/mol. The van der Waals surface area contributed by atoms with Crippen molar-refractivity contribution in [1.82, 2.24) is 0 Å². The number of hydrogen-bond donors (Lipinski definition) is 2. The number of rotatable bonds is 3. The summed E-state index contributed by atoms with van der Waals surface area (Å²) in [5, 5.41) is 4.82. The number of amides is 2. The van der Waals surface area contributed by atoms with Gasteiger partial charge in [-0.25, -0.2) is 13.6 Å². The van der Waals surface area contributed by atoms with Crippen LogP contribution < -0.4 is 10.6 Å². The van der Waals surface area contributed by atoms with Crippen LogP contribution in [0.15, 0.2) is 47.4 Å². The number of nitrogens with one attached hydrogen (secondary N) is 2. The highest BCUT2D eigenvalue weighted by atomic mass is 32.2. The summed E-state index contributed by atoms with van der Waals surface area (Å²) >= 11 is 1.54. The van der Waals surface area contributed by atoms with Gasteiger partial charge in [-0.1, -0.05) is 6.07 Å². The molecule has 0 saturated heterocycles. The predicted octanol–water partition coefficient (Wildman–Crippen LogP) is 4.33. The Morgan fingerprint density at radius 1 is 1.10 bits per heavy atom. The van der Waals surface area contributed by atoms with Crippen molar-refractivity contribution >= 4 is 29.2 Å². The smallest absolute Gasteiger partial charge is 0.308 e. The number of halogens is 2. The van der Waals surface area contributed by atoms with E-state index in [0.29, 0.717) is 5.69 Å². The predicted molar refractivity (Wildman–Crippen MR) is 77.2 cm³/mol. The monoisotopic (exact) mass is 294 g/mol. The Hall–Kier alpha value is -2.08. The largest absolute Gasteiger partial charge is 0.323 e. The zero-order chi connectivity index (χ0) is 14.5. The summed E-state index contributed by atoms with van der Waals surface area (Å²) in [6, 6.07) is 9.43. The molecule has 104 valence electrons. The van der Waals surface area contributed by atoms with Crippen molar-refractivity contribution in [2.24, 2.45) is 0 Å². The van der Waals surface area contributed by atoms with Gasteiger partial charge in [0.25, 0.3) is 0 Å². The van der Waals surface area contributed by atoms with E-state index in [2.05, 4.69) is 10.6 Å². The zero-order valence-electron chi connectivity index (χ0n) is 10.6. The van der Waals surface area contributed by atoms with Crippen molar-refractivity contribution in [1.29, 1.82) is 0 Å². The van der Waals surface area contributed by atoms with Gasteiger partial charge in [-0.3, -0.25) is 0 Å². The van der Waals surface area contributed by atoms with Gasteiger partial charge in [-0.05, 0) is 36.6 Å². The minimum absolute atomic E-state index is 0.205. The summed E-state index contributed by atoms with van der Waals surface area (Å²) in [5.41, 5.74) is 0.370. The van der Waals surface area contributed by atoms with Gasteiger partial charge in [-0.2, -0.15) is 0 Å². The Morgan fingerprint density at radius 3 is 2.65 bits per heavy atom. The van der Waals surface area contributed by atoms with E-state index in [9.17, 15) is 13.6 Å². The van der Waals surface area contributed by atoms with Gasteiger partial charge in [0.1, 0.15) is 11.6 Å². The molecule has 0 aliphatic carbocycles. The molecule has 0 fully saturated rings. The second kappa shape index (κ2) is 6.38. The topological polar surface area (TPSA) is 41.1 Å². The molecule has 2 aromatic rings. The first-order valence-electron chi connectivity index (χ1n) is 5.75. The quantitative estimate of drug-likeness (QED) is 0.827. The Kier molecular flexibility index (Phi) is 4.57. The van der Waals surface area contributed by atoms with E-state index in [0.717, 1.165) is 23.1 Å². The maximum atomic E-state index is 13.4. The first-order valence-corrected chi connectivity index (χ1v) is 6.98. The van der Waals surface area contributed by atoms with Crippen molar-refractivity contribution in [3.63, 3.8) is 0 Å². The van der Waals surface area contributed by atoms with Gasteiger partial charge in [0.15, 0.2) is 0 Å². The number of carbonyl (C=O) groups excluding carboxylic acids is 1. The fourth-order valence-corrected chi connectivity index (χ4v) is 2.04. The van der Waals surface area contributed by atoms with Crippen LogP contribution in [-0.2, 0) is 0 Å². The number of hydrogen-bond acceptors (Lipinski definition) is 2. The van der Waals surface area contributed by atoms with Crippen LogP contribution in [-0.4, -0.2) is 12.3 Å². The molecule has 0 aliphatic heterocycles. The van der Waals surface area contributed by atoms with Gasteiger partial charge in [-0.15, -0.1) is 11.8 Å². The average molecular weight is 294 g/mol. The third-order valence-electron chi connectivity index (χ3n) is 2.50. The highest BCUT2D eigenvalue weighted by Gasteiger charge is 2.08. The first-order chi connectivity index (χ1) is 9.58. The lowest BCUT2D eigenvalue weighted by Gasteiger charge is -2.09. The normalized spacial score (nSPS) is 10.2. The van der Waals surface area contributed by atoms with Crippen molar-refractivity contribution in [3.05, 3.63) is 54.1 Å². The lowest BCUT2D eigenvalue weighted by atomic mass is 10.3. The van der Waals surface area contributed by atoms with Crippen molar-refractivity contribution in [3.8, 4) is 0 Å². The molecule has 3 nitrogen and oxygen atoms in total. The van der Waals surface area contributed by atoms with Crippen LogP contribution in [0, 0.1) is 11.6 Å². The third-order valence-corrected chi connectivity index (χ3v) is 3.23. The number of benzene rings is 2. The lowest BCUT2D eigenvalue weighted by Crippen LogP contribution is -2.20. The SMILES string of the molecule is CSc1cccc(NC(=O)Nc2cc(F)ccc2F)c1. The molecule has 0 aromatic heterocycles. The summed E-state index contributed by atoms with van der Waals surface area (Å²) in [7, 11) is 0. The molecule has 20 heavy (non-hydrogen) atoms. The minimum atomic E-state index is -0.695. The molecule has 0 atom stereocenters. The van der Waals surface area contributed by atoms with Crippen molar-refractivity contribution < 1.29 is 13.6 Å².